The molecule has 0 radical (unpaired) electrons. The SMILES string of the molecule is CCC(=O)N1CCN(c2nc(=O)n3c4c(c(-c5cc(Cl)c(F)cc5F)c(Cl)cc24)SC[C@H](OC)C3)CC1. The van der Waals surface area contributed by atoms with Gasteiger partial charge in [0.25, 0.3) is 0 Å². The summed E-state index contributed by atoms with van der Waals surface area (Å²) in [7, 11) is 1.57. The topological polar surface area (TPSA) is 67.7 Å². The van der Waals surface area contributed by atoms with Gasteiger partial charge in [-0.2, -0.15) is 4.98 Å². The Morgan fingerprint density at radius 3 is 2.54 bits per heavy atom. The number of halogens is 4. The van der Waals surface area contributed by atoms with Gasteiger partial charge in [-0.1, -0.05) is 30.1 Å². The number of hydrogen-bond acceptors (Lipinski definition) is 6. The van der Waals surface area contributed by atoms with Crippen LogP contribution in [0.2, 0.25) is 10.0 Å². The normalized spacial score (nSPS) is 17.8. The molecule has 0 spiro atoms. The summed E-state index contributed by atoms with van der Waals surface area (Å²) in [5.41, 5.74) is 0.469. The molecule has 7 nitrogen and oxygen atoms in total. The van der Waals surface area contributed by atoms with Gasteiger partial charge in [0.05, 0.1) is 28.2 Å². The fourth-order valence-corrected chi connectivity index (χ4v) is 6.68. The fourth-order valence-electron chi connectivity index (χ4n) is 4.84. The molecule has 5 rings (SSSR count). The summed E-state index contributed by atoms with van der Waals surface area (Å²) in [5.74, 6) is -0.669. The molecule has 2 aromatic carbocycles. The average molecular weight is 569 g/mol. The van der Waals surface area contributed by atoms with Crippen LogP contribution >= 0.6 is 35.0 Å². The maximum atomic E-state index is 15.0. The predicted molar refractivity (Wildman–Crippen MR) is 142 cm³/mol. The zero-order valence-corrected chi connectivity index (χ0v) is 22.5. The summed E-state index contributed by atoms with van der Waals surface area (Å²) >= 11 is 14.2. The maximum Gasteiger partial charge on any atom is 0.350 e. The first-order valence-electron chi connectivity index (χ1n) is 11.8. The summed E-state index contributed by atoms with van der Waals surface area (Å²) in [6.07, 6.45) is 0.128. The van der Waals surface area contributed by atoms with Crippen LogP contribution in [0.1, 0.15) is 13.3 Å². The number of ether oxygens (including phenoxy) is 1. The molecule has 2 aliphatic rings. The molecule has 1 atom stereocenters. The van der Waals surface area contributed by atoms with Crippen molar-refractivity contribution in [2.75, 3.05) is 43.9 Å². The molecular formula is C25H24Cl2F2N4O3S. The lowest BCUT2D eigenvalue weighted by Crippen LogP contribution is -2.49. The summed E-state index contributed by atoms with van der Waals surface area (Å²) in [5, 5.41) is 0.623. The first-order valence-corrected chi connectivity index (χ1v) is 13.6. The van der Waals surface area contributed by atoms with E-state index in [1.807, 2.05) is 11.8 Å². The maximum absolute atomic E-state index is 15.0. The van der Waals surface area contributed by atoms with Crippen LogP contribution in [0.3, 0.4) is 0 Å². The number of rotatable bonds is 4. The Balaban J connectivity index is 1.73. The standard InChI is InChI=1S/C25H24Cl2F2N4O3S/c1-3-20(34)31-4-6-32(7-5-31)24-15-9-17(27)21(14-8-16(26)19(29)10-18(14)28)23-22(15)33(25(35)30-24)11-13(36-2)12-37-23/h8-10,13H,3-7,11-12H2,1-2H3/t13-/m1/s1. The molecule has 2 aliphatic heterocycles. The summed E-state index contributed by atoms with van der Waals surface area (Å²) in [6, 6.07) is 3.61. The number of thioether (sulfide) groups is 1. The molecule has 0 aliphatic carbocycles. The number of anilines is 1. The highest BCUT2D eigenvalue weighted by Crippen LogP contribution is 2.46. The number of aromatic nitrogens is 2. The second kappa shape index (κ2) is 10.4. The molecule has 196 valence electrons. The zero-order valence-electron chi connectivity index (χ0n) is 20.2. The van der Waals surface area contributed by atoms with Gasteiger partial charge < -0.3 is 14.5 Å². The Morgan fingerprint density at radius 2 is 1.86 bits per heavy atom. The first kappa shape index (κ1) is 26.2. The molecule has 12 heteroatoms. The van der Waals surface area contributed by atoms with Crippen LogP contribution in [-0.4, -0.2) is 65.5 Å². The number of hydrogen-bond donors (Lipinski definition) is 0. The van der Waals surface area contributed by atoms with Crippen molar-refractivity contribution in [2.45, 2.75) is 30.9 Å². The van der Waals surface area contributed by atoms with E-state index in [9.17, 15) is 14.0 Å². The number of nitrogens with zero attached hydrogens (tertiary/aromatic N) is 4. The van der Waals surface area contributed by atoms with E-state index in [2.05, 4.69) is 4.98 Å². The third kappa shape index (κ3) is 4.69. The molecule has 1 aromatic heterocycles. The lowest BCUT2D eigenvalue weighted by molar-refractivity contribution is -0.131. The molecule has 0 unspecified atom stereocenters. The second-order valence-corrected chi connectivity index (χ2v) is 10.8. The van der Waals surface area contributed by atoms with Gasteiger partial charge in [-0.25, -0.2) is 13.6 Å². The minimum Gasteiger partial charge on any atom is -0.379 e. The molecule has 0 bridgehead atoms. The fraction of sp³-hybridized carbons (Fsp3) is 0.400. The van der Waals surface area contributed by atoms with Crippen molar-refractivity contribution in [3.05, 3.63) is 50.4 Å². The van der Waals surface area contributed by atoms with Crippen molar-refractivity contribution in [1.82, 2.24) is 14.5 Å². The van der Waals surface area contributed by atoms with Crippen LogP contribution in [-0.2, 0) is 16.1 Å². The summed E-state index contributed by atoms with van der Waals surface area (Å²) in [6.45, 7) is 4.11. The Hall–Kier alpha value is -2.40. The van der Waals surface area contributed by atoms with Crippen molar-refractivity contribution < 1.29 is 18.3 Å². The Labute approximate surface area is 226 Å². The van der Waals surface area contributed by atoms with Crippen molar-refractivity contribution in [3.8, 4) is 11.1 Å². The molecule has 3 heterocycles. The van der Waals surface area contributed by atoms with E-state index >= 15 is 4.39 Å². The number of carbonyl (C=O) groups excluding carboxylic acids is 1. The number of piperazine rings is 1. The number of benzene rings is 2. The van der Waals surface area contributed by atoms with Crippen molar-refractivity contribution >= 4 is 57.6 Å². The van der Waals surface area contributed by atoms with Gasteiger partial charge in [0.1, 0.15) is 17.5 Å². The highest BCUT2D eigenvalue weighted by molar-refractivity contribution is 7.99. The molecule has 1 fully saturated rings. The van der Waals surface area contributed by atoms with E-state index in [1.54, 1.807) is 18.1 Å². The second-order valence-electron chi connectivity index (χ2n) is 8.92. The quantitative estimate of drug-likeness (QED) is 0.420. The van der Waals surface area contributed by atoms with E-state index in [1.165, 1.54) is 22.4 Å². The average Bonchev–Trinajstić information content (AvgIpc) is 3.09. The van der Waals surface area contributed by atoms with Gasteiger partial charge in [0.2, 0.25) is 5.91 Å². The van der Waals surface area contributed by atoms with Gasteiger partial charge in [-0.3, -0.25) is 9.36 Å². The zero-order chi connectivity index (χ0) is 26.4. The van der Waals surface area contributed by atoms with E-state index in [0.717, 1.165) is 6.07 Å². The number of amides is 1. The lowest BCUT2D eigenvalue weighted by Gasteiger charge is -2.36. The third-order valence-corrected chi connectivity index (χ3v) is 8.61. The molecular weight excluding hydrogens is 545 g/mol. The van der Waals surface area contributed by atoms with Crippen LogP contribution < -0.4 is 10.6 Å². The predicted octanol–water partition coefficient (Wildman–Crippen LogP) is 4.83. The van der Waals surface area contributed by atoms with E-state index in [0.29, 0.717) is 65.5 Å². The van der Waals surface area contributed by atoms with Crippen LogP contribution in [0.15, 0.2) is 27.9 Å². The van der Waals surface area contributed by atoms with Crippen molar-refractivity contribution in [1.29, 1.82) is 0 Å². The molecule has 0 saturated carbocycles. The Bertz CT molecular complexity index is 1460. The van der Waals surface area contributed by atoms with Crippen LogP contribution in [0.25, 0.3) is 22.0 Å². The van der Waals surface area contributed by atoms with Crippen LogP contribution in [0, 0.1) is 11.6 Å². The minimum atomic E-state index is -0.873. The Kier molecular flexibility index (Phi) is 7.37. The minimum absolute atomic E-state index is 0.0423. The largest absolute Gasteiger partial charge is 0.379 e. The van der Waals surface area contributed by atoms with Gasteiger partial charge >= 0.3 is 5.69 Å². The third-order valence-electron chi connectivity index (χ3n) is 6.80. The van der Waals surface area contributed by atoms with Gasteiger partial charge in [0, 0.05) is 72.9 Å². The number of methoxy groups -OCH3 is 1. The van der Waals surface area contributed by atoms with Gasteiger partial charge in [0.15, 0.2) is 0 Å². The summed E-state index contributed by atoms with van der Waals surface area (Å²) < 4.78 is 36.1. The molecule has 1 saturated heterocycles. The van der Waals surface area contributed by atoms with E-state index < -0.39 is 17.3 Å². The highest BCUT2D eigenvalue weighted by Gasteiger charge is 2.30. The summed E-state index contributed by atoms with van der Waals surface area (Å²) in [4.78, 5) is 34.3. The van der Waals surface area contributed by atoms with E-state index in [4.69, 9.17) is 27.9 Å². The van der Waals surface area contributed by atoms with Crippen LogP contribution in [0.5, 0.6) is 0 Å². The molecule has 37 heavy (non-hydrogen) atoms. The molecule has 3 aromatic rings. The van der Waals surface area contributed by atoms with Crippen molar-refractivity contribution in [2.24, 2.45) is 0 Å². The monoisotopic (exact) mass is 568 g/mol. The smallest absolute Gasteiger partial charge is 0.350 e. The van der Waals surface area contributed by atoms with E-state index in [-0.39, 0.29) is 34.2 Å². The van der Waals surface area contributed by atoms with Crippen LogP contribution in [0.4, 0.5) is 14.6 Å². The lowest BCUT2D eigenvalue weighted by atomic mass is 10.0. The van der Waals surface area contributed by atoms with Crippen molar-refractivity contribution in [3.63, 3.8) is 0 Å². The highest BCUT2D eigenvalue weighted by atomic mass is 35.5. The molecule has 1 amide bonds. The van der Waals surface area contributed by atoms with Gasteiger partial charge in [-0.05, 0) is 12.1 Å². The van der Waals surface area contributed by atoms with Gasteiger partial charge in [-0.15, -0.1) is 11.8 Å². The first-order chi connectivity index (χ1) is 17.7. The molecule has 0 N–H and O–H groups in total. The number of carbonyl (C=O) groups is 1. The Morgan fingerprint density at radius 1 is 1.14 bits per heavy atom.